The van der Waals surface area contributed by atoms with Gasteiger partial charge in [-0.25, -0.2) is 13.8 Å². The van der Waals surface area contributed by atoms with Crippen LogP contribution in [-0.2, 0) is 6.54 Å². The third-order valence-electron chi connectivity index (χ3n) is 4.45. The summed E-state index contributed by atoms with van der Waals surface area (Å²) in [5.41, 5.74) is 1.30. The average molecular weight is 346 g/mol. The summed E-state index contributed by atoms with van der Waals surface area (Å²) in [7, 11) is 0. The first-order valence-electron chi connectivity index (χ1n) is 8.78. The van der Waals surface area contributed by atoms with Crippen molar-refractivity contribution < 1.29 is 8.78 Å². The number of pyridine rings is 1. The zero-order valence-corrected chi connectivity index (χ0v) is 14.4. The van der Waals surface area contributed by atoms with Crippen LogP contribution in [0.5, 0.6) is 0 Å². The maximum absolute atomic E-state index is 14.0. The molecule has 6 heteroatoms. The molecule has 1 aromatic heterocycles. The average Bonchev–Trinajstić information content (AvgIpc) is 2.62. The van der Waals surface area contributed by atoms with Crippen molar-refractivity contribution in [3.8, 4) is 0 Å². The zero-order valence-electron chi connectivity index (χ0n) is 14.4. The van der Waals surface area contributed by atoms with Crippen LogP contribution in [0.4, 0.5) is 20.4 Å². The summed E-state index contributed by atoms with van der Waals surface area (Å²) >= 11 is 0. The first-order valence-corrected chi connectivity index (χ1v) is 8.78. The molecule has 0 atom stereocenters. The second kappa shape index (κ2) is 8.25. The van der Waals surface area contributed by atoms with E-state index in [1.807, 2.05) is 13.0 Å². The lowest BCUT2D eigenvalue weighted by Crippen LogP contribution is -2.39. The molecule has 2 aromatic rings. The highest BCUT2D eigenvalue weighted by atomic mass is 19.1. The number of halogens is 2. The second-order valence-electron chi connectivity index (χ2n) is 6.36. The molecule has 1 fully saturated rings. The topological polar surface area (TPSA) is 40.2 Å². The Morgan fingerprint density at radius 2 is 1.76 bits per heavy atom. The van der Waals surface area contributed by atoms with Crippen molar-refractivity contribution in [1.82, 2.24) is 9.88 Å². The van der Waals surface area contributed by atoms with Crippen LogP contribution in [0.3, 0.4) is 0 Å². The van der Waals surface area contributed by atoms with Crippen LogP contribution in [0.1, 0.15) is 25.3 Å². The van der Waals surface area contributed by atoms with E-state index in [0.29, 0.717) is 6.54 Å². The molecule has 1 aliphatic rings. The number of nitrogens with zero attached hydrogens (tertiary/aromatic N) is 2. The normalized spacial score (nSPS) is 16.0. The molecule has 25 heavy (non-hydrogen) atoms. The Morgan fingerprint density at radius 3 is 2.44 bits per heavy atom. The fourth-order valence-electron chi connectivity index (χ4n) is 3.13. The molecule has 0 unspecified atom stereocenters. The summed E-state index contributed by atoms with van der Waals surface area (Å²) in [5, 5.41) is 5.95. The zero-order chi connectivity index (χ0) is 17.6. The highest BCUT2D eigenvalue weighted by Crippen LogP contribution is 2.22. The minimum Gasteiger partial charge on any atom is -0.368 e. The lowest BCUT2D eigenvalue weighted by Gasteiger charge is -2.32. The van der Waals surface area contributed by atoms with Crippen molar-refractivity contribution in [3.63, 3.8) is 0 Å². The SMILES string of the molecule is CCNc1nc(NC2CCN(Cc3ccccc3)CC2)c(F)cc1F. The number of benzene rings is 1. The van der Waals surface area contributed by atoms with E-state index in [9.17, 15) is 8.78 Å². The van der Waals surface area contributed by atoms with Crippen LogP contribution in [0.25, 0.3) is 0 Å². The number of aromatic nitrogens is 1. The molecule has 2 N–H and O–H groups in total. The smallest absolute Gasteiger partial charge is 0.168 e. The molecule has 4 nitrogen and oxygen atoms in total. The lowest BCUT2D eigenvalue weighted by atomic mass is 10.0. The van der Waals surface area contributed by atoms with Crippen LogP contribution in [-0.4, -0.2) is 35.6 Å². The summed E-state index contributed by atoms with van der Waals surface area (Å²) in [4.78, 5) is 6.45. The van der Waals surface area contributed by atoms with E-state index in [0.717, 1.165) is 38.5 Å². The van der Waals surface area contributed by atoms with Gasteiger partial charge in [0.1, 0.15) is 0 Å². The van der Waals surface area contributed by atoms with E-state index in [2.05, 4.69) is 44.8 Å². The Kier molecular flexibility index (Phi) is 5.81. The highest BCUT2D eigenvalue weighted by Gasteiger charge is 2.21. The van der Waals surface area contributed by atoms with E-state index < -0.39 is 11.6 Å². The van der Waals surface area contributed by atoms with Gasteiger partial charge in [0, 0.05) is 38.3 Å². The van der Waals surface area contributed by atoms with Crippen molar-refractivity contribution in [2.75, 3.05) is 30.3 Å². The first kappa shape index (κ1) is 17.6. The number of hydrogen-bond donors (Lipinski definition) is 2. The molecule has 0 spiro atoms. The summed E-state index contributed by atoms with van der Waals surface area (Å²) in [5.74, 6) is -1.10. The largest absolute Gasteiger partial charge is 0.368 e. The standard InChI is InChI=1S/C19H24F2N4/c1-2-22-18-16(20)12-17(21)19(24-18)23-15-8-10-25(11-9-15)13-14-6-4-3-5-7-14/h3-7,12,15H,2,8-11,13H2,1H3,(H2,22,23,24). The number of likely N-dealkylation sites (tertiary alicyclic amines) is 1. The maximum atomic E-state index is 14.0. The first-order chi connectivity index (χ1) is 12.2. The van der Waals surface area contributed by atoms with Crippen molar-refractivity contribution in [2.24, 2.45) is 0 Å². The Hall–Kier alpha value is -2.21. The number of rotatable bonds is 6. The molecule has 1 aromatic carbocycles. The third-order valence-corrected chi connectivity index (χ3v) is 4.45. The fourth-order valence-corrected chi connectivity index (χ4v) is 3.13. The molecule has 0 saturated carbocycles. The molecular weight excluding hydrogens is 322 g/mol. The number of anilines is 2. The van der Waals surface area contributed by atoms with Gasteiger partial charge in [-0.3, -0.25) is 4.90 Å². The molecule has 0 aliphatic carbocycles. The maximum Gasteiger partial charge on any atom is 0.168 e. The van der Waals surface area contributed by atoms with Crippen LogP contribution < -0.4 is 10.6 Å². The molecule has 3 rings (SSSR count). The minimum atomic E-state index is -0.664. The predicted octanol–water partition coefficient (Wildman–Crippen LogP) is 3.87. The molecular formula is C19H24F2N4. The highest BCUT2D eigenvalue weighted by molar-refractivity contribution is 5.48. The molecule has 0 bridgehead atoms. The van der Waals surface area contributed by atoms with E-state index in [1.54, 1.807) is 0 Å². The summed E-state index contributed by atoms with van der Waals surface area (Å²) < 4.78 is 27.6. The van der Waals surface area contributed by atoms with Gasteiger partial charge in [-0.2, -0.15) is 0 Å². The monoisotopic (exact) mass is 346 g/mol. The Labute approximate surface area is 147 Å². The van der Waals surface area contributed by atoms with Gasteiger partial charge in [-0.15, -0.1) is 0 Å². The second-order valence-corrected chi connectivity index (χ2v) is 6.36. The van der Waals surface area contributed by atoms with Gasteiger partial charge in [0.05, 0.1) is 0 Å². The van der Waals surface area contributed by atoms with Crippen LogP contribution in [0, 0.1) is 11.6 Å². The molecule has 0 radical (unpaired) electrons. The van der Waals surface area contributed by atoms with Crippen molar-refractivity contribution in [2.45, 2.75) is 32.4 Å². The van der Waals surface area contributed by atoms with Gasteiger partial charge in [-0.05, 0) is 25.3 Å². The molecule has 134 valence electrons. The van der Waals surface area contributed by atoms with Crippen molar-refractivity contribution in [3.05, 3.63) is 53.6 Å². The number of piperidine rings is 1. The van der Waals surface area contributed by atoms with E-state index in [1.165, 1.54) is 5.56 Å². The number of hydrogen-bond acceptors (Lipinski definition) is 4. The predicted molar refractivity (Wildman–Crippen MR) is 96.7 cm³/mol. The van der Waals surface area contributed by atoms with Gasteiger partial charge >= 0.3 is 0 Å². The summed E-state index contributed by atoms with van der Waals surface area (Å²) in [6, 6.07) is 11.4. The van der Waals surface area contributed by atoms with Crippen LogP contribution >= 0.6 is 0 Å². The van der Waals surface area contributed by atoms with Gasteiger partial charge in [0.15, 0.2) is 23.3 Å². The van der Waals surface area contributed by atoms with Gasteiger partial charge in [0.2, 0.25) is 0 Å². The van der Waals surface area contributed by atoms with Crippen molar-refractivity contribution >= 4 is 11.6 Å². The fraction of sp³-hybridized carbons (Fsp3) is 0.421. The molecule has 2 heterocycles. The van der Waals surface area contributed by atoms with E-state index in [4.69, 9.17) is 0 Å². The Morgan fingerprint density at radius 1 is 1.08 bits per heavy atom. The summed E-state index contributed by atoms with van der Waals surface area (Å²) in [6.07, 6.45) is 1.81. The van der Waals surface area contributed by atoms with E-state index in [-0.39, 0.29) is 17.7 Å². The molecule has 1 aliphatic heterocycles. The Balaban J connectivity index is 1.56. The van der Waals surface area contributed by atoms with Gasteiger partial charge in [-0.1, -0.05) is 30.3 Å². The van der Waals surface area contributed by atoms with Crippen molar-refractivity contribution in [1.29, 1.82) is 0 Å². The minimum absolute atomic E-state index is 0.0907. The molecule has 1 saturated heterocycles. The molecule has 0 amide bonds. The van der Waals surface area contributed by atoms with Gasteiger partial charge < -0.3 is 10.6 Å². The van der Waals surface area contributed by atoms with Gasteiger partial charge in [0.25, 0.3) is 0 Å². The quantitative estimate of drug-likeness (QED) is 0.833. The summed E-state index contributed by atoms with van der Waals surface area (Å²) in [6.45, 7) is 5.19. The lowest BCUT2D eigenvalue weighted by molar-refractivity contribution is 0.211. The Bertz CT molecular complexity index is 685. The van der Waals surface area contributed by atoms with Crippen LogP contribution in [0.2, 0.25) is 0 Å². The number of nitrogens with one attached hydrogen (secondary N) is 2. The van der Waals surface area contributed by atoms with E-state index >= 15 is 0 Å². The third kappa shape index (κ3) is 4.66. The van der Waals surface area contributed by atoms with Crippen LogP contribution in [0.15, 0.2) is 36.4 Å².